The lowest BCUT2D eigenvalue weighted by Gasteiger charge is -2.27. The highest BCUT2D eigenvalue weighted by atomic mass is 32.1. The van der Waals surface area contributed by atoms with Crippen molar-refractivity contribution in [2.75, 3.05) is 26.2 Å². The van der Waals surface area contributed by atoms with Gasteiger partial charge in [0.1, 0.15) is 17.7 Å². The number of nitrogen functional groups attached to an aromatic ring is 1. The molecule has 2 aromatic carbocycles. The van der Waals surface area contributed by atoms with Crippen LogP contribution in [0.3, 0.4) is 0 Å². The maximum Gasteiger partial charge on any atom is 0.243 e. The van der Waals surface area contributed by atoms with Crippen molar-refractivity contribution in [1.82, 2.24) is 15.1 Å². The Labute approximate surface area is 254 Å². The molecular weight excluding hydrogens is 569 g/mol. The molecule has 2 atom stereocenters. The summed E-state index contributed by atoms with van der Waals surface area (Å²) in [6, 6.07) is 13.4. The first-order chi connectivity index (χ1) is 20.7. The fourth-order valence-corrected chi connectivity index (χ4v) is 6.68. The Morgan fingerprint density at radius 2 is 2.00 bits per heavy atom. The first kappa shape index (κ1) is 30.4. The van der Waals surface area contributed by atoms with Crippen LogP contribution in [0.5, 0.6) is 0 Å². The highest BCUT2D eigenvalue weighted by molar-refractivity contribution is 7.10. The molecule has 43 heavy (non-hydrogen) atoms. The average Bonchev–Trinajstić information content (AvgIpc) is 3.76. The SMILES string of the molecule is Cc1ccc(-c2ccc(F)cc2)cc1CCN(C=O)CC(=O)N1CC2(CCCO2)CC1C(=O)NCc1cc(C(=N)N)cs1. The minimum Gasteiger partial charge on any atom is -0.384 e. The van der Waals surface area contributed by atoms with Gasteiger partial charge in [-0.3, -0.25) is 19.8 Å². The van der Waals surface area contributed by atoms with Crippen molar-refractivity contribution < 1.29 is 23.5 Å². The Morgan fingerprint density at radius 3 is 2.67 bits per heavy atom. The summed E-state index contributed by atoms with van der Waals surface area (Å²) in [5, 5.41) is 12.3. The predicted octanol–water partition coefficient (Wildman–Crippen LogP) is 3.61. The number of hydrogen-bond donors (Lipinski definition) is 3. The summed E-state index contributed by atoms with van der Waals surface area (Å²) < 4.78 is 19.4. The van der Waals surface area contributed by atoms with E-state index in [0.29, 0.717) is 44.5 Å². The van der Waals surface area contributed by atoms with Crippen molar-refractivity contribution >= 4 is 35.4 Å². The maximum absolute atomic E-state index is 13.6. The van der Waals surface area contributed by atoms with Crippen molar-refractivity contribution in [2.24, 2.45) is 5.73 Å². The summed E-state index contributed by atoms with van der Waals surface area (Å²) in [7, 11) is 0. The monoisotopic (exact) mass is 605 g/mol. The van der Waals surface area contributed by atoms with Gasteiger partial charge in [0.25, 0.3) is 0 Å². The molecule has 3 aromatic rings. The standard InChI is InChI=1S/C32H36FN5O4S/c1-21-3-4-24(22-5-7-26(33)8-6-22)13-23(21)9-11-37(20-39)17-29(40)38-19-32(10-2-12-42-32)15-28(38)31(41)36-16-27-14-25(18-43-27)30(34)35/h3-8,13-14,18,20,28H,2,9-12,15-17,19H2,1H3,(H3,34,35)(H,36,41). The van der Waals surface area contributed by atoms with E-state index in [1.165, 1.54) is 28.4 Å². The minimum atomic E-state index is -0.707. The van der Waals surface area contributed by atoms with Gasteiger partial charge in [0.15, 0.2) is 0 Å². The van der Waals surface area contributed by atoms with E-state index in [1.54, 1.807) is 28.5 Å². The number of nitrogens with zero attached hydrogens (tertiary/aromatic N) is 2. The Morgan fingerprint density at radius 1 is 1.23 bits per heavy atom. The number of amides is 3. The third-order valence-corrected chi connectivity index (χ3v) is 9.23. The summed E-state index contributed by atoms with van der Waals surface area (Å²) in [5.41, 5.74) is 9.54. The smallest absolute Gasteiger partial charge is 0.243 e. The van der Waals surface area contributed by atoms with E-state index < -0.39 is 11.6 Å². The molecule has 11 heteroatoms. The molecule has 5 rings (SSSR count). The van der Waals surface area contributed by atoms with Crippen molar-refractivity contribution in [3.05, 3.63) is 81.3 Å². The number of likely N-dealkylation sites (tertiary alicyclic amines) is 1. The van der Waals surface area contributed by atoms with Gasteiger partial charge < -0.3 is 25.6 Å². The lowest BCUT2D eigenvalue weighted by Crippen LogP contribution is -2.49. The van der Waals surface area contributed by atoms with Crippen molar-refractivity contribution in [1.29, 1.82) is 5.41 Å². The first-order valence-electron chi connectivity index (χ1n) is 14.3. The average molecular weight is 606 g/mol. The molecule has 0 bridgehead atoms. The number of carbonyl (C=O) groups is 3. The fraction of sp³-hybridized carbons (Fsp3) is 0.375. The fourth-order valence-electron chi connectivity index (χ4n) is 5.85. The number of rotatable bonds is 11. The van der Waals surface area contributed by atoms with Crippen LogP contribution in [0.2, 0.25) is 0 Å². The van der Waals surface area contributed by atoms with E-state index in [0.717, 1.165) is 40.0 Å². The number of halogens is 1. The second-order valence-electron chi connectivity index (χ2n) is 11.3. The zero-order chi connectivity index (χ0) is 30.6. The molecule has 0 radical (unpaired) electrons. The molecule has 3 amide bonds. The molecule has 226 valence electrons. The molecule has 2 aliphatic heterocycles. The Balaban J connectivity index is 1.23. The van der Waals surface area contributed by atoms with Gasteiger partial charge in [-0.1, -0.05) is 30.3 Å². The van der Waals surface area contributed by atoms with Gasteiger partial charge in [0, 0.05) is 35.4 Å². The van der Waals surface area contributed by atoms with Crippen LogP contribution in [-0.2, 0) is 32.1 Å². The summed E-state index contributed by atoms with van der Waals surface area (Å²) in [5.74, 6) is -0.899. The maximum atomic E-state index is 13.6. The lowest BCUT2D eigenvalue weighted by molar-refractivity contribution is -0.141. The second-order valence-corrected chi connectivity index (χ2v) is 12.3. The number of carbonyl (C=O) groups excluding carboxylic acids is 3. The van der Waals surface area contributed by atoms with Crippen LogP contribution < -0.4 is 11.1 Å². The molecule has 2 unspecified atom stereocenters. The minimum absolute atomic E-state index is 0.0304. The van der Waals surface area contributed by atoms with Gasteiger partial charge in [-0.15, -0.1) is 11.3 Å². The normalized spacial score (nSPS) is 19.5. The van der Waals surface area contributed by atoms with Gasteiger partial charge >= 0.3 is 0 Å². The van der Waals surface area contributed by atoms with Crippen molar-refractivity contribution in [3.63, 3.8) is 0 Å². The van der Waals surface area contributed by atoms with Gasteiger partial charge in [0.2, 0.25) is 18.2 Å². The Bertz CT molecular complexity index is 1500. The molecule has 2 saturated heterocycles. The van der Waals surface area contributed by atoms with E-state index in [4.69, 9.17) is 15.9 Å². The molecule has 1 spiro atoms. The van der Waals surface area contributed by atoms with Crippen LogP contribution in [0, 0.1) is 18.2 Å². The van der Waals surface area contributed by atoms with Crippen LogP contribution in [0.25, 0.3) is 11.1 Å². The van der Waals surface area contributed by atoms with Crippen LogP contribution in [0.4, 0.5) is 4.39 Å². The Kier molecular flexibility index (Phi) is 9.22. The Hall–Kier alpha value is -4.09. The molecule has 2 aliphatic rings. The molecule has 3 heterocycles. The van der Waals surface area contributed by atoms with Gasteiger partial charge in [0.05, 0.1) is 25.2 Å². The molecular formula is C32H36FN5O4S. The number of benzene rings is 2. The van der Waals surface area contributed by atoms with E-state index >= 15 is 0 Å². The van der Waals surface area contributed by atoms with Crippen molar-refractivity contribution in [2.45, 2.75) is 50.8 Å². The number of nitrogens with two attached hydrogens (primary N) is 1. The van der Waals surface area contributed by atoms with E-state index in [2.05, 4.69) is 5.32 Å². The lowest BCUT2D eigenvalue weighted by atomic mass is 9.96. The van der Waals surface area contributed by atoms with E-state index in [1.807, 2.05) is 25.1 Å². The van der Waals surface area contributed by atoms with Crippen LogP contribution in [0.1, 0.15) is 40.8 Å². The van der Waals surface area contributed by atoms with Crippen molar-refractivity contribution in [3.8, 4) is 11.1 Å². The molecule has 1 aromatic heterocycles. The number of hydrogen-bond acceptors (Lipinski definition) is 6. The number of amidine groups is 1. The third kappa shape index (κ3) is 7.11. The van der Waals surface area contributed by atoms with E-state index in [-0.39, 0.29) is 36.6 Å². The van der Waals surface area contributed by atoms with Gasteiger partial charge in [-0.25, -0.2) is 4.39 Å². The van der Waals surface area contributed by atoms with Gasteiger partial charge in [-0.2, -0.15) is 0 Å². The van der Waals surface area contributed by atoms with Gasteiger partial charge in [-0.05, 0) is 66.6 Å². The number of nitrogens with one attached hydrogen (secondary N) is 2. The molecule has 0 saturated carbocycles. The van der Waals surface area contributed by atoms with E-state index in [9.17, 15) is 18.8 Å². The number of aryl methyl sites for hydroxylation is 1. The predicted molar refractivity (Wildman–Crippen MR) is 163 cm³/mol. The number of ether oxygens (including phenoxy) is 1. The zero-order valence-corrected chi connectivity index (χ0v) is 24.9. The quantitative estimate of drug-likeness (QED) is 0.175. The molecule has 2 fully saturated rings. The summed E-state index contributed by atoms with van der Waals surface area (Å²) in [6.45, 7) is 3.34. The first-order valence-corrected chi connectivity index (χ1v) is 15.2. The summed E-state index contributed by atoms with van der Waals surface area (Å²) >= 11 is 1.40. The zero-order valence-electron chi connectivity index (χ0n) is 24.1. The van der Waals surface area contributed by atoms with Crippen LogP contribution in [-0.4, -0.2) is 71.7 Å². The molecule has 9 nitrogen and oxygen atoms in total. The van der Waals surface area contributed by atoms with Crippen LogP contribution >= 0.6 is 11.3 Å². The summed E-state index contributed by atoms with van der Waals surface area (Å²) in [4.78, 5) is 42.9. The third-order valence-electron chi connectivity index (χ3n) is 8.29. The van der Waals surface area contributed by atoms with Crippen LogP contribution in [0.15, 0.2) is 53.9 Å². The largest absolute Gasteiger partial charge is 0.384 e. The molecule has 4 N–H and O–H groups in total. The highest BCUT2D eigenvalue weighted by Crippen LogP contribution is 2.38. The highest BCUT2D eigenvalue weighted by Gasteiger charge is 2.51. The second kappa shape index (κ2) is 13.0. The topological polar surface area (TPSA) is 129 Å². The molecule has 0 aliphatic carbocycles. The summed E-state index contributed by atoms with van der Waals surface area (Å²) in [6.07, 6.45) is 3.26. The number of thiophene rings is 1.